The summed E-state index contributed by atoms with van der Waals surface area (Å²) in [5.74, 6) is 0.449. The van der Waals surface area contributed by atoms with Crippen LogP contribution in [0.15, 0.2) is 72.8 Å². The van der Waals surface area contributed by atoms with Crippen LogP contribution in [0.1, 0.15) is 40.2 Å². The summed E-state index contributed by atoms with van der Waals surface area (Å²) >= 11 is 12.2. The van der Waals surface area contributed by atoms with Gasteiger partial charge in [-0.2, -0.15) is 5.21 Å². The minimum atomic E-state index is -0.169. The third-order valence-electron chi connectivity index (χ3n) is 5.51. The Morgan fingerprint density at radius 3 is 2.25 bits per heavy atom. The summed E-state index contributed by atoms with van der Waals surface area (Å²) in [7, 11) is 0. The van der Waals surface area contributed by atoms with Crippen molar-refractivity contribution >= 4 is 29.1 Å². The van der Waals surface area contributed by atoms with E-state index in [-0.39, 0.29) is 17.7 Å². The number of nitrogens with zero attached hydrogens (tertiary/aromatic N) is 3. The van der Waals surface area contributed by atoms with E-state index in [0.717, 1.165) is 16.7 Å². The van der Waals surface area contributed by atoms with Crippen molar-refractivity contribution in [3.63, 3.8) is 0 Å². The van der Waals surface area contributed by atoms with Gasteiger partial charge >= 0.3 is 0 Å². The van der Waals surface area contributed by atoms with Crippen LogP contribution in [-0.4, -0.2) is 33.1 Å². The minimum absolute atomic E-state index is 0.0396. The normalized spacial score (nSPS) is 12.8. The zero-order chi connectivity index (χ0) is 22.5. The lowest BCUT2D eigenvalue weighted by Gasteiger charge is -2.25. The van der Waals surface area contributed by atoms with E-state index in [1.54, 1.807) is 18.2 Å². The summed E-state index contributed by atoms with van der Waals surface area (Å²) in [6, 6.07) is 22.7. The Hall–Kier alpha value is -3.22. The molecular formula is C24H21Cl2N5O. The molecule has 1 heterocycles. The molecule has 0 radical (unpaired) electrons. The van der Waals surface area contributed by atoms with Gasteiger partial charge in [-0.15, -0.1) is 10.2 Å². The van der Waals surface area contributed by atoms with Crippen LogP contribution in [0.2, 0.25) is 10.0 Å². The molecule has 0 saturated heterocycles. The second-order valence-corrected chi connectivity index (χ2v) is 8.40. The van der Waals surface area contributed by atoms with Gasteiger partial charge in [0.2, 0.25) is 5.82 Å². The number of nitrogens with one attached hydrogen (secondary N) is 2. The highest BCUT2D eigenvalue weighted by Gasteiger charge is 2.22. The number of rotatable bonds is 7. The Bertz CT molecular complexity index is 1180. The molecule has 0 aliphatic heterocycles. The second-order valence-electron chi connectivity index (χ2n) is 7.52. The summed E-state index contributed by atoms with van der Waals surface area (Å²) in [6.07, 6.45) is 0. The number of amides is 1. The fraction of sp³-hybridized carbons (Fsp3) is 0.167. The molecule has 1 amide bonds. The van der Waals surface area contributed by atoms with Gasteiger partial charge in [-0.1, -0.05) is 66.5 Å². The van der Waals surface area contributed by atoms with Crippen LogP contribution in [0.25, 0.3) is 11.4 Å². The Balaban J connectivity index is 1.54. The van der Waals surface area contributed by atoms with Crippen LogP contribution in [-0.2, 0) is 0 Å². The van der Waals surface area contributed by atoms with Gasteiger partial charge in [-0.05, 0) is 58.7 Å². The maximum absolute atomic E-state index is 12.9. The number of hydrogen-bond acceptors (Lipinski definition) is 4. The number of hydrogen-bond donors (Lipinski definition) is 2. The molecule has 32 heavy (non-hydrogen) atoms. The van der Waals surface area contributed by atoms with Gasteiger partial charge in [0.1, 0.15) is 0 Å². The van der Waals surface area contributed by atoms with Gasteiger partial charge in [0.15, 0.2) is 0 Å². The highest BCUT2D eigenvalue weighted by Crippen LogP contribution is 2.33. The van der Waals surface area contributed by atoms with Crippen LogP contribution < -0.4 is 5.32 Å². The van der Waals surface area contributed by atoms with Crippen molar-refractivity contribution < 1.29 is 4.79 Å². The van der Waals surface area contributed by atoms with Crippen molar-refractivity contribution in [1.29, 1.82) is 0 Å². The fourth-order valence-electron chi connectivity index (χ4n) is 3.68. The minimum Gasteiger partial charge on any atom is -0.351 e. The first kappa shape index (κ1) is 22.0. The van der Waals surface area contributed by atoms with Gasteiger partial charge < -0.3 is 5.32 Å². The molecule has 3 aromatic carbocycles. The van der Waals surface area contributed by atoms with Crippen LogP contribution >= 0.6 is 23.2 Å². The summed E-state index contributed by atoms with van der Waals surface area (Å²) in [6.45, 7) is 2.60. The zero-order valence-electron chi connectivity index (χ0n) is 17.3. The Morgan fingerprint density at radius 2 is 1.62 bits per heavy atom. The smallest absolute Gasteiger partial charge is 0.251 e. The number of tetrazole rings is 1. The standard InChI is InChI=1S/C24H21Cl2N5O/c1-15(16-5-9-20(25)10-6-16)22(17-7-11-21(26)12-8-17)14-27-24(32)19-4-2-3-18(13-19)23-28-30-31-29-23/h2-13,15,22H,14H2,1H3,(H,27,32)(H,28,29,30,31). The molecule has 2 unspecified atom stereocenters. The average molecular weight is 466 g/mol. The summed E-state index contributed by atoms with van der Waals surface area (Å²) in [5, 5.41) is 18.4. The first-order valence-electron chi connectivity index (χ1n) is 10.1. The molecule has 1 aromatic heterocycles. The van der Waals surface area contributed by atoms with E-state index in [4.69, 9.17) is 23.2 Å². The molecule has 6 nitrogen and oxygen atoms in total. The Morgan fingerprint density at radius 1 is 0.969 bits per heavy atom. The largest absolute Gasteiger partial charge is 0.351 e. The number of halogens is 2. The van der Waals surface area contributed by atoms with Gasteiger partial charge in [0.25, 0.3) is 5.91 Å². The van der Waals surface area contributed by atoms with Crippen LogP contribution in [0, 0.1) is 0 Å². The molecule has 0 aliphatic carbocycles. The van der Waals surface area contributed by atoms with Crippen LogP contribution in [0.3, 0.4) is 0 Å². The summed E-state index contributed by atoms with van der Waals surface area (Å²) in [5.41, 5.74) is 3.48. The van der Waals surface area contributed by atoms with E-state index >= 15 is 0 Å². The fourth-order valence-corrected chi connectivity index (χ4v) is 3.93. The van der Waals surface area contributed by atoms with Crippen LogP contribution in [0.4, 0.5) is 0 Å². The van der Waals surface area contributed by atoms with Crippen molar-refractivity contribution in [3.05, 3.63) is 99.5 Å². The van der Waals surface area contributed by atoms with E-state index in [1.165, 1.54) is 0 Å². The van der Waals surface area contributed by atoms with E-state index in [9.17, 15) is 4.79 Å². The number of benzene rings is 3. The van der Waals surface area contributed by atoms with Gasteiger partial charge in [-0.3, -0.25) is 4.79 Å². The SMILES string of the molecule is CC(c1ccc(Cl)cc1)C(CNC(=O)c1cccc(-c2nn[nH]n2)c1)c1ccc(Cl)cc1. The number of aromatic amines is 1. The molecule has 0 bridgehead atoms. The number of carbonyl (C=O) groups excluding carboxylic acids is 1. The molecule has 0 fully saturated rings. The van der Waals surface area contributed by atoms with Crippen molar-refractivity contribution in [2.75, 3.05) is 6.54 Å². The molecule has 2 N–H and O–H groups in total. The molecular weight excluding hydrogens is 445 g/mol. The molecule has 4 rings (SSSR count). The second kappa shape index (κ2) is 9.94. The van der Waals surface area contributed by atoms with Crippen molar-refractivity contribution in [1.82, 2.24) is 25.9 Å². The maximum Gasteiger partial charge on any atom is 0.251 e. The Labute approximate surface area is 196 Å². The molecule has 4 aromatic rings. The van der Waals surface area contributed by atoms with Gasteiger partial charge in [0.05, 0.1) is 0 Å². The molecule has 0 saturated carbocycles. The van der Waals surface area contributed by atoms with Crippen molar-refractivity contribution in [2.45, 2.75) is 18.8 Å². The van der Waals surface area contributed by atoms with Crippen molar-refractivity contribution in [2.24, 2.45) is 0 Å². The lowest BCUT2D eigenvalue weighted by Crippen LogP contribution is -2.30. The third-order valence-corrected chi connectivity index (χ3v) is 6.01. The lowest BCUT2D eigenvalue weighted by molar-refractivity contribution is 0.0950. The topological polar surface area (TPSA) is 83.6 Å². The van der Waals surface area contributed by atoms with Gasteiger partial charge in [0, 0.05) is 33.6 Å². The average Bonchev–Trinajstić information content (AvgIpc) is 3.36. The predicted octanol–water partition coefficient (Wildman–Crippen LogP) is 5.49. The maximum atomic E-state index is 12.9. The highest BCUT2D eigenvalue weighted by atomic mass is 35.5. The van der Waals surface area contributed by atoms with Crippen LogP contribution in [0.5, 0.6) is 0 Å². The third kappa shape index (κ3) is 5.15. The predicted molar refractivity (Wildman–Crippen MR) is 126 cm³/mol. The van der Waals surface area contributed by atoms with E-state index < -0.39 is 0 Å². The molecule has 162 valence electrons. The zero-order valence-corrected chi connectivity index (χ0v) is 18.8. The summed E-state index contributed by atoms with van der Waals surface area (Å²) in [4.78, 5) is 12.9. The molecule has 2 atom stereocenters. The van der Waals surface area contributed by atoms with Gasteiger partial charge in [-0.25, -0.2) is 0 Å². The molecule has 8 heteroatoms. The highest BCUT2D eigenvalue weighted by molar-refractivity contribution is 6.30. The van der Waals surface area contributed by atoms with E-state index in [0.29, 0.717) is 28.0 Å². The van der Waals surface area contributed by atoms with E-state index in [2.05, 4.69) is 32.9 Å². The number of carbonyl (C=O) groups is 1. The molecule has 0 spiro atoms. The number of aromatic nitrogens is 4. The first-order valence-corrected chi connectivity index (χ1v) is 10.9. The van der Waals surface area contributed by atoms with E-state index in [1.807, 2.05) is 54.6 Å². The Kier molecular flexibility index (Phi) is 6.83. The molecule has 0 aliphatic rings. The first-order chi connectivity index (χ1) is 15.5. The lowest BCUT2D eigenvalue weighted by atomic mass is 9.82. The number of H-pyrrole nitrogens is 1. The quantitative estimate of drug-likeness (QED) is 0.377. The summed E-state index contributed by atoms with van der Waals surface area (Å²) < 4.78 is 0. The van der Waals surface area contributed by atoms with Crippen molar-refractivity contribution in [3.8, 4) is 11.4 Å². The monoisotopic (exact) mass is 465 g/mol.